The summed E-state index contributed by atoms with van der Waals surface area (Å²) in [7, 11) is 0. The molecular formula is C21H29N3O3. The highest BCUT2D eigenvalue weighted by Gasteiger charge is 2.55. The van der Waals surface area contributed by atoms with Gasteiger partial charge in [-0.15, -0.1) is 0 Å². The van der Waals surface area contributed by atoms with E-state index in [4.69, 9.17) is 4.52 Å². The Balaban J connectivity index is 1.18. The number of hydrogen-bond acceptors (Lipinski definition) is 4. The first-order chi connectivity index (χ1) is 13.0. The van der Waals surface area contributed by atoms with Crippen LogP contribution in [0.2, 0.25) is 0 Å². The Hall–Kier alpha value is -1.85. The van der Waals surface area contributed by atoms with E-state index in [1.165, 1.54) is 19.3 Å². The number of hydrogen-bond donors (Lipinski definition) is 1. The molecule has 6 heteroatoms. The molecule has 6 nitrogen and oxygen atoms in total. The summed E-state index contributed by atoms with van der Waals surface area (Å²) < 4.78 is 4.98. The van der Waals surface area contributed by atoms with Crippen LogP contribution in [0.15, 0.2) is 10.6 Å². The van der Waals surface area contributed by atoms with Gasteiger partial charge in [-0.2, -0.15) is 0 Å². The molecular weight excluding hydrogens is 342 g/mol. The molecule has 5 fully saturated rings. The van der Waals surface area contributed by atoms with Gasteiger partial charge in [0.2, 0.25) is 5.91 Å². The summed E-state index contributed by atoms with van der Waals surface area (Å²) in [6, 6.07) is 1.76. The molecule has 27 heavy (non-hydrogen) atoms. The number of aryl methyl sites for hydroxylation is 1. The first kappa shape index (κ1) is 17.3. The van der Waals surface area contributed by atoms with E-state index in [1.54, 1.807) is 13.0 Å². The third-order valence-electron chi connectivity index (χ3n) is 7.47. The fourth-order valence-corrected chi connectivity index (χ4v) is 6.67. The predicted octanol–water partition coefficient (Wildman–Crippen LogP) is 2.92. The maximum Gasteiger partial charge on any atom is 0.273 e. The van der Waals surface area contributed by atoms with Crippen molar-refractivity contribution in [3.8, 4) is 0 Å². The van der Waals surface area contributed by atoms with Crippen LogP contribution >= 0.6 is 0 Å². The minimum atomic E-state index is -0.183. The molecule has 4 bridgehead atoms. The van der Waals surface area contributed by atoms with Crippen LogP contribution in [-0.2, 0) is 4.79 Å². The van der Waals surface area contributed by atoms with E-state index in [2.05, 4.69) is 15.4 Å². The van der Waals surface area contributed by atoms with E-state index >= 15 is 0 Å². The van der Waals surface area contributed by atoms with Crippen molar-refractivity contribution in [2.45, 2.75) is 64.3 Å². The highest BCUT2D eigenvalue weighted by atomic mass is 16.5. The van der Waals surface area contributed by atoms with Gasteiger partial charge in [-0.3, -0.25) is 9.59 Å². The van der Waals surface area contributed by atoms with Gasteiger partial charge in [-0.1, -0.05) is 5.16 Å². The number of carbonyl (C=O) groups excluding carboxylic acids is 2. The van der Waals surface area contributed by atoms with Gasteiger partial charge in [-0.25, -0.2) is 0 Å². The number of rotatable bonds is 3. The lowest BCUT2D eigenvalue weighted by molar-refractivity contribution is -0.158. The Bertz CT molecular complexity index is 712. The van der Waals surface area contributed by atoms with Gasteiger partial charge in [-0.05, 0) is 76.0 Å². The first-order valence-electron chi connectivity index (χ1n) is 10.5. The number of piperidine rings is 1. The zero-order valence-corrected chi connectivity index (χ0v) is 16.1. The van der Waals surface area contributed by atoms with Crippen LogP contribution in [0.25, 0.3) is 0 Å². The number of nitrogens with zero attached hydrogens (tertiary/aromatic N) is 2. The number of nitrogens with one attached hydrogen (secondary N) is 1. The molecule has 4 saturated carbocycles. The highest BCUT2D eigenvalue weighted by molar-refractivity contribution is 5.92. The molecule has 1 aromatic heterocycles. The van der Waals surface area contributed by atoms with E-state index in [0.717, 1.165) is 62.9 Å². The van der Waals surface area contributed by atoms with E-state index in [0.29, 0.717) is 17.4 Å². The average molecular weight is 371 g/mol. The summed E-state index contributed by atoms with van der Waals surface area (Å²) in [5.41, 5.74) is 0.280. The van der Waals surface area contributed by atoms with Crippen LogP contribution in [0.3, 0.4) is 0 Å². The topological polar surface area (TPSA) is 75.4 Å². The smallest absolute Gasteiger partial charge is 0.273 e. The molecule has 2 heterocycles. The van der Waals surface area contributed by atoms with Gasteiger partial charge < -0.3 is 14.7 Å². The maximum absolute atomic E-state index is 13.4. The second-order valence-corrected chi connectivity index (χ2v) is 9.56. The van der Waals surface area contributed by atoms with Crippen LogP contribution in [0.4, 0.5) is 0 Å². The first-order valence-corrected chi connectivity index (χ1v) is 10.5. The van der Waals surface area contributed by atoms with E-state index in [1.807, 2.05) is 0 Å². The molecule has 5 aliphatic rings. The van der Waals surface area contributed by atoms with Crippen molar-refractivity contribution in [3.05, 3.63) is 17.5 Å². The standard InChI is InChI=1S/C21H29N3O3/c1-13-6-18(23-27-13)19(25)22-17-2-4-24(5-3-17)20(26)21-10-14-7-15(11-21)9-16(8-14)12-21/h6,14-17H,2-5,7-12H2,1H3,(H,22,25). The van der Waals surface area contributed by atoms with E-state index in [-0.39, 0.29) is 17.4 Å². The lowest BCUT2D eigenvalue weighted by Gasteiger charge is -2.57. The van der Waals surface area contributed by atoms with Crippen molar-refractivity contribution in [2.75, 3.05) is 13.1 Å². The Morgan fingerprint density at radius 1 is 1.11 bits per heavy atom. The molecule has 1 saturated heterocycles. The van der Waals surface area contributed by atoms with Crippen molar-refractivity contribution >= 4 is 11.8 Å². The molecule has 4 aliphatic carbocycles. The lowest BCUT2D eigenvalue weighted by Crippen LogP contribution is -2.56. The highest BCUT2D eigenvalue weighted by Crippen LogP contribution is 2.60. The van der Waals surface area contributed by atoms with Crippen molar-refractivity contribution in [2.24, 2.45) is 23.2 Å². The molecule has 6 rings (SSSR count). The molecule has 0 spiro atoms. The quantitative estimate of drug-likeness (QED) is 0.886. The summed E-state index contributed by atoms with van der Waals surface area (Å²) in [4.78, 5) is 27.8. The summed E-state index contributed by atoms with van der Waals surface area (Å²) >= 11 is 0. The Morgan fingerprint density at radius 3 is 2.22 bits per heavy atom. The third-order valence-corrected chi connectivity index (χ3v) is 7.47. The van der Waals surface area contributed by atoms with Crippen molar-refractivity contribution in [3.63, 3.8) is 0 Å². The van der Waals surface area contributed by atoms with Crippen LogP contribution in [0.5, 0.6) is 0 Å². The normalized spacial score (nSPS) is 35.4. The van der Waals surface area contributed by atoms with Crippen LogP contribution < -0.4 is 5.32 Å². The van der Waals surface area contributed by atoms with Gasteiger partial charge in [0, 0.05) is 25.2 Å². The Kier molecular flexibility index (Phi) is 4.06. The van der Waals surface area contributed by atoms with Gasteiger partial charge in [0.05, 0.1) is 5.41 Å². The van der Waals surface area contributed by atoms with Gasteiger partial charge in [0.15, 0.2) is 5.69 Å². The fraction of sp³-hybridized carbons (Fsp3) is 0.762. The zero-order valence-electron chi connectivity index (χ0n) is 16.1. The van der Waals surface area contributed by atoms with Crippen LogP contribution in [0.1, 0.15) is 67.6 Å². The fourth-order valence-electron chi connectivity index (χ4n) is 6.67. The second kappa shape index (κ2) is 6.35. The predicted molar refractivity (Wildman–Crippen MR) is 98.9 cm³/mol. The Morgan fingerprint density at radius 2 is 1.70 bits per heavy atom. The largest absolute Gasteiger partial charge is 0.361 e. The summed E-state index contributed by atoms with van der Waals surface area (Å²) in [6.45, 7) is 3.28. The third kappa shape index (κ3) is 3.07. The zero-order chi connectivity index (χ0) is 18.6. The van der Waals surface area contributed by atoms with Crippen LogP contribution in [0, 0.1) is 30.1 Å². The molecule has 0 atom stereocenters. The molecule has 1 aliphatic heterocycles. The average Bonchev–Trinajstić information content (AvgIpc) is 3.07. The molecule has 1 aromatic rings. The molecule has 1 N–H and O–H groups in total. The monoisotopic (exact) mass is 371 g/mol. The molecule has 0 radical (unpaired) electrons. The maximum atomic E-state index is 13.4. The van der Waals surface area contributed by atoms with Gasteiger partial charge >= 0.3 is 0 Å². The van der Waals surface area contributed by atoms with Gasteiger partial charge in [0.25, 0.3) is 5.91 Å². The number of aromatic nitrogens is 1. The molecule has 146 valence electrons. The second-order valence-electron chi connectivity index (χ2n) is 9.56. The molecule has 0 aromatic carbocycles. The number of amides is 2. The van der Waals surface area contributed by atoms with Crippen molar-refractivity contribution in [1.29, 1.82) is 0 Å². The Labute approximate surface area is 160 Å². The summed E-state index contributed by atoms with van der Waals surface area (Å²) in [6.07, 6.45) is 9.11. The van der Waals surface area contributed by atoms with Crippen molar-refractivity contribution in [1.82, 2.24) is 15.4 Å². The molecule has 2 amide bonds. The van der Waals surface area contributed by atoms with E-state index < -0.39 is 0 Å². The summed E-state index contributed by atoms with van der Waals surface area (Å²) in [5.74, 6) is 3.25. The minimum Gasteiger partial charge on any atom is -0.361 e. The lowest BCUT2D eigenvalue weighted by atomic mass is 9.49. The SMILES string of the molecule is Cc1cc(C(=O)NC2CCN(C(=O)C34CC5CC(CC(C5)C3)C4)CC2)no1. The van der Waals surface area contributed by atoms with Crippen LogP contribution in [-0.4, -0.2) is 41.0 Å². The van der Waals surface area contributed by atoms with E-state index in [9.17, 15) is 9.59 Å². The summed E-state index contributed by atoms with van der Waals surface area (Å²) in [5, 5.41) is 6.82. The minimum absolute atomic E-state index is 0.0525. The molecule has 0 unspecified atom stereocenters. The number of likely N-dealkylation sites (tertiary alicyclic amines) is 1. The number of carbonyl (C=O) groups is 2. The van der Waals surface area contributed by atoms with Gasteiger partial charge in [0.1, 0.15) is 5.76 Å². The van der Waals surface area contributed by atoms with Crippen molar-refractivity contribution < 1.29 is 14.1 Å².